The van der Waals surface area contributed by atoms with Crippen LogP contribution in [-0.4, -0.2) is 0 Å². The summed E-state index contributed by atoms with van der Waals surface area (Å²) < 4.78 is 2.48. The Bertz CT molecular complexity index is 585. The number of rotatable bonds is 6. The molecule has 0 aromatic carbocycles. The summed E-state index contributed by atoms with van der Waals surface area (Å²) in [6, 6.07) is 0. The summed E-state index contributed by atoms with van der Waals surface area (Å²) in [6.07, 6.45) is 7.53. The summed E-state index contributed by atoms with van der Waals surface area (Å²) in [6.45, 7) is 15.4. The molecular formula is C16H14S3. The van der Waals surface area contributed by atoms with E-state index in [1.54, 1.807) is 34.4 Å². The fraction of sp³-hybridized carbons (Fsp3) is 0. The van der Waals surface area contributed by atoms with Crippen LogP contribution < -0.4 is 0 Å². The van der Waals surface area contributed by atoms with Crippen LogP contribution in [0.1, 0.15) is 22.3 Å². The van der Waals surface area contributed by atoms with Crippen LogP contribution in [0.25, 0.3) is 24.3 Å². The third-order valence-electron chi connectivity index (χ3n) is 2.68. The third-order valence-corrected chi connectivity index (χ3v) is 6.18. The third kappa shape index (κ3) is 2.68. The van der Waals surface area contributed by atoms with Crippen LogP contribution in [0.5, 0.6) is 0 Å². The first-order valence-corrected chi connectivity index (χ1v) is 8.23. The van der Waals surface area contributed by atoms with E-state index in [9.17, 15) is 0 Å². The Morgan fingerprint density at radius 2 is 1.16 bits per heavy atom. The van der Waals surface area contributed by atoms with Crippen molar-refractivity contribution in [3.8, 4) is 0 Å². The lowest BCUT2D eigenvalue weighted by atomic mass is 10.2. The molecule has 3 heteroatoms. The van der Waals surface area contributed by atoms with E-state index in [2.05, 4.69) is 37.1 Å². The molecule has 0 saturated heterocycles. The zero-order valence-corrected chi connectivity index (χ0v) is 13.0. The van der Waals surface area contributed by atoms with Crippen molar-refractivity contribution in [2.24, 2.45) is 0 Å². The fourth-order valence-corrected chi connectivity index (χ4v) is 5.38. The maximum Gasteiger partial charge on any atom is 0.0732 e. The van der Waals surface area contributed by atoms with Crippen LogP contribution in [-0.2, 0) is 0 Å². The molecule has 0 amide bonds. The molecule has 0 fully saturated rings. The van der Waals surface area contributed by atoms with Crippen LogP contribution in [0.3, 0.4) is 0 Å². The average molecular weight is 302 g/mol. The quantitative estimate of drug-likeness (QED) is 0.584. The highest BCUT2D eigenvalue weighted by Crippen LogP contribution is 2.43. The second-order valence-corrected chi connectivity index (χ2v) is 7.00. The number of hydrogen-bond acceptors (Lipinski definition) is 3. The van der Waals surface area contributed by atoms with Gasteiger partial charge in [-0.2, -0.15) is 0 Å². The minimum absolute atomic E-state index is 1.14. The maximum atomic E-state index is 3.89. The van der Waals surface area contributed by atoms with Gasteiger partial charge in [0.15, 0.2) is 0 Å². The van der Waals surface area contributed by atoms with Crippen LogP contribution in [0, 0.1) is 0 Å². The van der Waals surface area contributed by atoms with E-state index in [0.717, 1.165) is 22.3 Å². The summed E-state index contributed by atoms with van der Waals surface area (Å²) in [4.78, 5) is 0. The molecule has 2 rings (SSSR count). The molecule has 0 atom stereocenters. The predicted octanol–water partition coefficient (Wildman–Crippen LogP) is 6.53. The molecule has 0 nitrogen and oxygen atoms in total. The Labute approximate surface area is 126 Å². The Morgan fingerprint density at radius 1 is 0.737 bits per heavy atom. The van der Waals surface area contributed by atoms with E-state index < -0.39 is 0 Å². The Balaban J connectivity index is 2.41. The van der Waals surface area contributed by atoms with Gasteiger partial charge in [0.25, 0.3) is 0 Å². The van der Waals surface area contributed by atoms with Crippen LogP contribution in [0.2, 0.25) is 0 Å². The van der Waals surface area contributed by atoms with Crippen molar-refractivity contribution in [2.75, 3.05) is 0 Å². The van der Waals surface area contributed by atoms with E-state index in [4.69, 9.17) is 0 Å². The van der Waals surface area contributed by atoms with Gasteiger partial charge in [-0.3, -0.25) is 0 Å². The minimum Gasteiger partial charge on any atom is -0.136 e. The Kier molecular flexibility index (Phi) is 4.64. The standard InChI is InChI=1S/C16H14S3/c1-5-11-9-17-15(13(11)7-3)19-16-14(8-4)12(6-2)10-18-16/h5-10H,1-4H2. The minimum atomic E-state index is 1.14. The highest BCUT2D eigenvalue weighted by Gasteiger charge is 2.13. The molecule has 2 aromatic rings. The lowest BCUT2D eigenvalue weighted by Crippen LogP contribution is -1.76. The fourth-order valence-electron chi connectivity index (χ4n) is 1.68. The number of thiophene rings is 2. The SMILES string of the molecule is C=Cc1csc(Sc2scc(C=C)c2C=C)c1C=C. The van der Waals surface area contributed by atoms with E-state index in [1.807, 2.05) is 24.3 Å². The van der Waals surface area contributed by atoms with Crippen molar-refractivity contribution in [2.45, 2.75) is 8.42 Å². The van der Waals surface area contributed by atoms with Crippen LogP contribution >= 0.6 is 34.4 Å². The van der Waals surface area contributed by atoms with Gasteiger partial charge in [-0.15, -0.1) is 22.7 Å². The van der Waals surface area contributed by atoms with E-state index in [0.29, 0.717) is 0 Å². The number of hydrogen-bond donors (Lipinski definition) is 0. The second kappa shape index (κ2) is 6.24. The summed E-state index contributed by atoms with van der Waals surface area (Å²) in [5.74, 6) is 0. The van der Waals surface area contributed by atoms with Crippen LogP contribution in [0.4, 0.5) is 0 Å². The molecule has 96 valence electrons. The summed E-state index contributed by atoms with van der Waals surface area (Å²) in [7, 11) is 0. The molecule has 2 heterocycles. The predicted molar refractivity (Wildman–Crippen MR) is 93.1 cm³/mol. The van der Waals surface area contributed by atoms with Crippen molar-refractivity contribution >= 4 is 58.7 Å². The van der Waals surface area contributed by atoms with Gasteiger partial charge in [0.1, 0.15) is 0 Å². The zero-order valence-electron chi connectivity index (χ0n) is 10.5. The molecule has 2 aromatic heterocycles. The lowest BCUT2D eigenvalue weighted by Gasteiger charge is -2.01. The second-order valence-electron chi connectivity index (χ2n) is 3.70. The molecule has 0 aliphatic rings. The van der Waals surface area contributed by atoms with Crippen molar-refractivity contribution < 1.29 is 0 Å². The summed E-state index contributed by atoms with van der Waals surface area (Å²) >= 11 is 5.21. The van der Waals surface area contributed by atoms with Crippen molar-refractivity contribution in [1.82, 2.24) is 0 Å². The van der Waals surface area contributed by atoms with Gasteiger partial charge in [0, 0.05) is 11.1 Å². The van der Waals surface area contributed by atoms with E-state index in [-0.39, 0.29) is 0 Å². The topological polar surface area (TPSA) is 0 Å². The average Bonchev–Trinajstić information content (AvgIpc) is 3.01. The molecule has 0 saturated carbocycles. The molecule has 0 bridgehead atoms. The molecule has 0 N–H and O–H groups in total. The van der Waals surface area contributed by atoms with Gasteiger partial charge in [-0.05, 0) is 21.9 Å². The van der Waals surface area contributed by atoms with Gasteiger partial charge < -0.3 is 0 Å². The molecule has 0 unspecified atom stereocenters. The van der Waals surface area contributed by atoms with Crippen molar-refractivity contribution in [3.63, 3.8) is 0 Å². The Hall–Kier alpha value is -1.29. The molecule has 0 radical (unpaired) electrons. The summed E-state index contributed by atoms with van der Waals surface area (Å²) in [5.41, 5.74) is 4.61. The molecular weight excluding hydrogens is 288 g/mol. The first-order valence-electron chi connectivity index (χ1n) is 5.65. The lowest BCUT2D eigenvalue weighted by molar-refractivity contribution is 1.57. The van der Waals surface area contributed by atoms with Crippen LogP contribution in [0.15, 0.2) is 45.5 Å². The zero-order chi connectivity index (χ0) is 13.8. The van der Waals surface area contributed by atoms with Crippen molar-refractivity contribution in [3.05, 3.63) is 59.3 Å². The van der Waals surface area contributed by atoms with Gasteiger partial charge >= 0.3 is 0 Å². The monoisotopic (exact) mass is 302 g/mol. The van der Waals surface area contributed by atoms with Crippen molar-refractivity contribution in [1.29, 1.82) is 0 Å². The summed E-state index contributed by atoms with van der Waals surface area (Å²) in [5, 5.41) is 4.23. The highest BCUT2D eigenvalue weighted by molar-refractivity contribution is 8.03. The molecule has 19 heavy (non-hydrogen) atoms. The maximum absolute atomic E-state index is 3.89. The van der Waals surface area contributed by atoms with E-state index >= 15 is 0 Å². The normalized spacial score (nSPS) is 10.1. The van der Waals surface area contributed by atoms with Gasteiger partial charge in [0.05, 0.1) is 8.42 Å². The van der Waals surface area contributed by atoms with Gasteiger partial charge in [-0.25, -0.2) is 0 Å². The van der Waals surface area contributed by atoms with Gasteiger partial charge in [-0.1, -0.05) is 62.4 Å². The molecule has 0 aliphatic heterocycles. The molecule has 0 aliphatic carbocycles. The largest absolute Gasteiger partial charge is 0.136 e. The molecule has 0 spiro atoms. The first-order chi connectivity index (χ1) is 9.24. The highest BCUT2D eigenvalue weighted by atomic mass is 32.2. The first kappa shape index (κ1) is 14.1. The Morgan fingerprint density at radius 3 is 1.47 bits per heavy atom. The van der Waals surface area contributed by atoms with E-state index in [1.165, 1.54) is 8.42 Å². The van der Waals surface area contributed by atoms with Gasteiger partial charge in [0.2, 0.25) is 0 Å². The smallest absolute Gasteiger partial charge is 0.0732 e.